The topological polar surface area (TPSA) is 30.5 Å². The molecule has 0 saturated carbocycles. The number of hydrogen-bond donors (Lipinski definition) is 1. The van der Waals surface area contributed by atoms with E-state index in [1.54, 1.807) is 0 Å². The van der Waals surface area contributed by atoms with Gasteiger partial charge < -0.3 is 14.8 Å². The van der Waals surface area contributed by atoms with Crippen LogP contribution in [0.4, 0.5) is 8.78 Å². The third kappa shape index (κ3) is 4.30. The molecule has 1 rings (SSSR count). The SMILES string of the molecule is CC(C)OC[C@@H]1CNCC(F)(F)CO1. The van der Waals surface area contributed by atoms with Crippen LogP contribution in [0.1, 0.15) is 13.8 Å². The molecule has 84 valence electrons. The summed E-state index contributed by atoms with van der Waals surface area (Å²) in [6.07, 6.45) is -0.173. The van der Waals surface area contributed by atoms with Crippen molar-refractivity contribution in [1.82, 2.24) is 5.32 Å². The van der Waals surface area contributed by atoms with E-state index < -0.39 is 12.5 Å². The van der Waals surface area contributed by atoms with Gasteiger partial charge in [-0.1, -0.05) is 0 Å². The molecule has 1 saturated heterocycles. The molecule has 0 aromatic rings. The summed E-state index contributed by atoms with van der Waals surface area (Å²) in [6, 6.07) is 0. The van der Waals surface area contributed by atoms with Gasteiger partial charge in [-0.25, -0.2) is 8.78 Å². The standard InChI is InChI=1S/C9H17F2NO2/c1-7(2)13-4-8-3-12-5-9(10,11)6-14-8/h7-8,12H,3-6H2,1-2H3/t8-/m0/s1. The van der Waals surface area contributed by atoms with Crippen LogP contribution in [-0.2, 0) is 9.47 Å². The van der Waals surface area contributed by atoms with Gasteiger partial charge in [0.2, 0.25) is 0 Å². The highest BCUT2D eigenvalue weighted by atomic mass is 19.3. The van der Waals surface area contributed by atoms with E-state index in [-0.39, 0.29) is 18.8 Å². The summed E-state index contributed by atoms with van der Waals surface area (Å²) >= 11 is 0. The van der Waals surface area contributed by atoms with Crippen LogP contribution >= 0.6 is 0 Å². The monoisotopic (exact) mass is 209 g/mol. The fourth-order valence-electron chi connectivity index (χ4n) is 1.17. The van der Waals surface area contributed by atoms with Crippen molar-refractivity contribution in [1.29, 1.82) is 0 Å². The van der Waals surface area contributed by atoms with Gasteiger partial charge in [-0.2, -0.15) is 0 Å². The molecule has 1 fully saturated rings. The Hall–Kier alpha value is -0.260. The van der Waals surface area contributed by atoms with Gasteiger partial charge in [-0.05, 0) is 13.8 Å². The number of halogens is 2. The molecule has 1 aliphatic rings. The summed E-state index contributed by atoms with van der Waals surface area (Å²) in [5, 5.41) is 2.66. The van der Waals surface area contributed by atoms with Gasteiger partial charge in [-0.3, -0.25) is 0 Å². The molecule has 1 aliphatic heterocycles. The van der Waals surface area contributed by atoms with Crippen molar-refractivity contribution in [3.63, 3.8) is 0 Å². The number of alkyl halides is 2. The first kappa shape index (κ1) is 11.8. The molecule has 0 radical (unpaired) electrons. The average molecular weight is 209 g/mol. The largest absolute Gasteiger partial charge is 0.376 e. The molecule has 0 aromatic carbocycles. The summed E-state index contributed by atoms with van der Waals surface area (Å²) < 4.78 is 35.9. The molecular formula is C9H17F2NO2. The Morgan fingerprint density at radius 2 is 2.29 bits per heavy atom. The molecule has 0 amide bonds. The lowest BCUT2D eigenvalue weighted by molar-refractivity contribution is -0.0962. The lowest BCUT2D eigenvalue weighted by Crippen LogP contribution is -2.34. The lowest BCUT2D eigenvalue weighted by Gasteiger charge is -2.17. The van der Waals surface area contributed by atoms with E-state index in [1.807, 2.05) is 13.8 Å². The van der Waals surface area contributed by atoms with Crippen molar-refractivity contribution in [2.24, 2.45) is 0 Å². The predicted octanol–water partition coefficient (Wildman–Crippen LogP) is 1.04. The fraction of sp³-hybridized carbons (Fsp3) is 1.00. The first-order chi connectivity index (χ1) is 6.49. The highest BCUT2D eigenvalue weighted by Crippen LogP contribution is 2.16. The molecule has 14 heavy (non-hydrogen) atoms. The second-order valence-corrected chi connectivity index (χ2v) is 3.80. The van der Waals surface area contributed by atoms with Gasteiger partial charge in [0, 0.05) is 6.54 Å². The normalized spacial score (nSPS) is 27.6. The summed E-state index contributed by atoms with van der Waals surface area (Å²) in [5.74, 6) is -2.76. The van der Waals surface area contributed by atoms with Gasteiger partial charge >= 0.3 is 0 Å². The predicted molar refractivity (Wildman–Crippen MR) is 48.6 cm³/mol. The number of nitrogens with one attached hydrogen (secondary N) is 1. The summed E-state index contributed by atoms with van der Waals surface area (Å²) in [5.41, 5.74) is 0. The van der Waals surface area contributed by atoms with Crippen LogP contribution in [0.2, 0.25) is 0 Å². The number of hydrogen-bond acceptors (Lipinski definition) is 3. The van der Waals surface area contributed by atoms with Gasteiger partial charge in [0.1, 0.15) is 6.61 Å². The van der Waals surface area contributed by atoms with E-state index in [2.05, 4.69) is 5.32 Å². The van der Waals surface area contributed by atoms with E-state index in [1.165, 1.54) is 0 Å². The molecule has 0 aromatic heterocycles. The highest BCUT2D eigenvalue weighted by molar-refractivity contribution is 4.76. The number of rotatable bonds is 3. The van der Waals surface area contributed by atoms with E-state index >= 15 is 0 Å². The van der Waals surface area contributed by atoms with Gasteiger partial charge in [0.25, 0.3) is 5.92 Å². The Kier molecular flexibility index (Phi) is 4.22. The Bertz CT molecular complexity index is 176. The van der Waals surface area contributed by atoms with E-state index in [0.717, 1.165) is 0 Å². The molecule has 0 spiro atoms. The zero-order valence-corrected chi connectivity index (χ0v) is 8.56. The summed E-state index contributed by atoms with van der Waals surface area (Å²) in [7, 11) is 0. The van der Waals surface area contributed by atoms with Crippen molar-refractivity contribution >= 4 is 0 Å². The molecular weight excluding hydrogens is 192 g/mol. The van der Waals surface area contributed by atoms with E-state index in [9.17, 15) is 8.78 Å². The smallest absolute Gasteiger partial charge is 0.283 e. The van der Waals surface area contributed by atoms with Crippen LogP contribution in [0.5, 0.6) is 0 Å². The fourth-order valence-corrected chi connectivity index (χ4v) is 1.17. The Morgan fingerprint density at radius 1 is 1.57 bits per heavy atom. The maximum absolute atomic E-state index is 12.8. The molecule has 0 unspecified atom stereocenters. The molecule has 1 N–H and O–H groups in total. The quantitative estimate of drug-likeness (QED) is 0.753. The molecule has 0 bridgehead atoms. The Morgan fingerprint density at radius 3 is 2.93 bits per heavy atom. The van der Waals surface area contributed by atoms with E-state index in [4.69, 9.17) is 9.47 Å². The minimum atomic E-state index is -2.76. The second kappa shape index (κ2) is 5.00. The first-order valence-corrected chi connectivity index (χ1v) is 4.81. The van der Waals surface area contributed by atoms with Crippen molar-refractivity contribution in [2.45, 2.75) is 32.0 Å². The van der Waals surface area contributed by atoms with Gasteiger partial charge in [-0.15, -0.1) is 0 Å². The third-order valence-corrected chi connectivity index (χ3v) is 1.90. The summed E-state index contributed by atoms with van der Waals surface area (Å²) in [6.45, 7) is 3.75. The molecule has 3 nitrogen and oxygen atoms in total. The van der Waals surface area contributed by atoms with Gasteiger partial charge in [0.15, 0.2) is 0 Å². The maximum atomic E-state index is 12.8. The average Bonchev–Trinajstić information content (AvgIpc) is 2.23. The van der Waals surface area contributed by atoms with Crippen LogP contribution in [0.15, 0.2) is 0 Å². The van der Waals surface area contributed by atoms with Crippen LogP contribution in [0.25, 0.3) is 0 Å². The van der Waals surface area contributed by atoms with Crippen LogP contribution < -0.4 is 5.32 Å². The Labute approximate surface area is 82.8 Å². The molecule has 0 aliphatic carbocycles. The minimum Gasteiger partial charge on any atom is -0.376 e. The summed E-state index contributed by atoms with van der Waals surface area (Å²) in [4.78, 5) is 0. The third-order valence-electron chi connectivity index (χ3n) is 1.90. The number of ether oxygens (including phenoxy) is 2. The van der Waals surface area contributed by atoms with Crippen LogP contribution in [0.3, 0.4) is 0 Å². The van der Waals surface area contributed by atoms with Crippen molar-refractivity contribution in [2.75, 3.05) is 26.3 Å². The maximum Gasteiger partial charge on any atom is 0.283 e. The highest BCUT2D eigenvalue weighted by Gasteiger charge is 2.33. The molecule has 1 heterocycles. The lowest BCUT2D eigenvalue weighted by atomic mass is 10.3. The minimum absolute atomic E-state index is 0.0994. The van der Waals surface area contributed by atoms with Crippen LogP contribution in [-0.4, -0.2) is 44.4 Å². The zero-order valence-electron chi connectivity index (χ0n) is 8.56. The van der Waals surface area contributed by atoms with Crippen molar-refractivity contribution in [3.8, 4) is 0 Å². The molecule has 1 atom stereocenters. The van der Waals surface area contributed by atoms with Crippen molar-refractivity contribution in [3.05, 3.63) is 0 Å². The Balaban J connectivity index is 2.28. The van der Waals surface area contributed by atoms with E-state index in [0.29, 0.717) is 13.2 Å². The molecule has 5 heteroatoms. The first-order valence-electron chi connectivity index (χ1n) is 4.81. The second-order valence-electron chi connectivity index (χ2n) is 3.80. The zero-order chi connectivity index (χ0) is 10.6. The van der Waals surface area contributed by atoms with Gasteiger partial charge in [0.05, 0.1) is 25.4 Å². The van der Waals surface area contributed by atoms with Crippen LogP contribution in [0, 0.1) is 0 Å². The van der Waals surface area contributed by atoms with Crippen molar-refractivity contribution < 1.29 is 18.3 Å².